The van der Waals surface area contributed by atoms with Crippen molar-refractivity contribution in [3.05, 3.63) is 45.8 Å². The van der Waals surface area contributed by atoms with E-state index < -0.39 is 0 Å². The molecule has 0 atom stereocenters. The first-order valence-corrected chi connectivity index (χ1v) is 7.87. The molecule has 0 radical (unpaired) electrons. The third-order valence-corrected chi connectivity index (χ3v) is 4.15. The van der Waals surface area contributed by atoms with Crippen molar-refractivity contribution in [3.63, 3.8) is 0 Å². The van der Waals surface area contributed by atoms with Crippen molar-refractivity contribution in [3.8, 4) is 0 Å². The van der Waals surface area contributed by atoms with Gasteiger partial charge < -0.3 is 15.8 Å². The molecule has 1 aromatic carbocycles. The topological polar surface area (TPSA) is 76.7 Å². The lowest BCUT2D eigenvalue weighted by molar-refractivity contribution is 0.0600. The van der Waals surface area contributed by atoms with Gasteiger partial charge in [-0.3, -0.25) is 4.99 Å². The van der Waals surface area contributed by atoms with Gasteiger partial charge in [-0.05, 0) is 43.5 Å². The molecule has 1 aliphatic heterocycles. The Morgan fingerprint density at radius 3 is 2.52 bits per heavy atom. The van der Waals surface area contributed by atoms with Crippen LogP contribution in [0, 0.1) is 13.8 Å². The molecule has 1 aliphatic rings. The van der Waals surface area contributed by atoms with E-state index >= 15 is 0 Å². The molecule has 0 spiro atoms. The first-order valence-electron chi connectivity index (χ1n) is 7.87. The summed E-state index contributed by atoms with van der Waals surface area (Å²) in [5.74, 6) is -0.325. The van der Waals surface area contributed by atoms with Gasteiger partial charge in [-0.1, -0.05) is 6.07 Å². The maximum atomic E-state index is 11.9. The summed E-state index contributed by atoms with van der Waals surface area (Å²) in [5, 5.41) is 3.32. The molecule has 0 fully saturated rings. The zero-order chi connectivity index (χ0) is 17.0. The number of nitrogens with zero attached hydrogens (tertiary/aromatic N) is 1. The summed E-state index contributed by atoms with van der Waals surface area (Å²) in [7, 11) is 1.40. The number of nitrogens with two attached hydrogens (primary N) is 1. The SMILES string of the molecule is COC(=O)c1cc(C(C)=NC2=C(N)CCNCC2)c(C)cc1C. The fourth-order valence-electron chi connectivity index (χ4n) is 2.82. The van der Waals surface area contributed by atoms with E-state index in [1.54, 1.807) is 0 Å². The molecule has 0 aliphatic carbocycles. The van der Waals surface area contributed by atoms with Crippen molar-refractivity contribution in [2.45, 2.75) is 33.6 Å². The lowest BCUT2D eigenvalue weighted by atomic mass is 9.97. The lowest BCUT2D eigenvalue weighted by Crippen LogP contribution is -2.14. The molecular formula is C18H25N3O2. The number of esters is 1. The molecule has 124 valence electrons. The Balaban J connectivity index is 2.44. The molecule has 5 nitrogen and oxygen atoms in total. The zero-order valence-corrected chi connectivity index (χ0v) is 14.3. The lowest BCUT2D eigenvalue weighted by Gasteiger charge is -2.12. The van der Waals surface area contributed by atoms with Crippen LogP contribution in [0.1, 0.15) is 46.8 Å². The number of nitrogens with one attached hydrogen (secondary N) is 1. The maximum Gasteiger partial charge on any atom is 0.338 e. The molecule has 0 unspecified atom stereocenters. The van der Waals surface area contributed by atoms with Crippen molar-refractivity contribution in [1.29, 1.82) is 0 Å². The Labute approximate surface area is 137 Å². The van der Waals surface area contributed by atoms with E-state index in [9.17, 15) is 4.79 Å². The van der Waals surface area contributed by atoms with Crippen LogP contribution in [0.3, 0.4) is 0 Å². The molecule has 5 heteroatoms. The molecule has 3 N–H and O–H groups in total. The van der Waals surface area contributed by atoms with Crippen LogP contribution in [-0.2, 0) is 4.74 Å². The Morgan fingerprint density at radius 2 is 1.83 bits per heavy atom. The normalized spacial score (nSPS) is 16.3. The first-order chi connectivity index (χ1) is 10.9. The largest absolute Gasteiger partial charge is 0.465 e. The fourth-order valence-corrected chi connectivity index (χ4v) is 2.82. The van der Waals surface area contributed by atoms with Gasteiger partial charge in [0.2, 0.25) is 0 Å². The van der Waals surface area contributed by atoms with Crippen LogP contribution >= 0.6 is 0 Å². The number of benzene rings is 1. The molecule has 2 rings (SSSR count). The van der Waals surface area contributed by atoms with Crippen LogP contribution in [0.25, 0.3) is 0 Å². The van der Waals surface area contributed by atoms with Crippen molar-refractivity contribution in [2.75, 3.05) is 20.2 Å². The van der Waals surface area contributed by atoms with Gasteiger partial charge in [0, 0.05) is 37.3 Å². The van der Waals surface area contributed by atoms with E-state index in [0.717, 1.165) is 59.7 Å². The standard InChI is InChI=1S/C18H25N3O2/c1-11-9-12(2)15(18(22)23-4)10-14(11)13(3)21-17-6-8-20-7-5-16(17)19/h9-10,20H,5-8,19H2,1-4H3. The molecule has 0 aromatic heterocycles. The molecule has 0 saturated heterocycles. The average molecular weight is 315 g/mol. The van der Waals surface area contributed by atoms with Gasteiger partial charge in [0.05, 0.1) is 18.4 Å². The second-order valence-electron chi connectivity index (χ2n) is 5.89. The number of hydrogen-bond acceptors (Lipinski definition) is 5. The number of aliphatic imine (C=N–C) groups is 1. The second-order valence-corrected chi connectivity index (χ2v) is 5.89. The summed E-state index contributed by atoms with van der Waals surface area (Å²) in [6.07, 6.45) is 1.63. The highest BCUT2D eigenvalue weighted by molar-refractivity contribution is 6.03. The van der Waals surface area contributed by atoms with Gasteiger partial charge in [0.1, 0.15) is 0 Å². The monoisotopic (exact) mass is 315 g/mol. The number of hydrogen-bond donors (Lipinski definition) is 2. The minimum atomic E-state index is -0.325. The van der Waals surface area contributed by atoms with E-state index in [1.807, 2.05) is 32.9 Å². The van der Waals surface area contributed by atoms with E-state index in [4.69, 9.17) is 15.5 Å². The van der Waals surface area contributed by atoms with Crippen LogP contribution < -0.4 is 11.1 Å². The Morgan fingerprint density at radius 1 is 1.17 bits per heavy atom. The summed E-state index contributed by atoms with van der Waals surface area (Å²) in [6.45, 7) is 7.66. The number of methoxy groups -OCH3 is 1. The summed E-state index contributed by atoms with van der Waals surface area (Å²) in [6, 6.07) is 3.86. The number of rotatable bonds is 3. The van der Waals surface area contributed by atoms with Gasteiger partial charge in [-0.2, -0.15) is 0 Å². The summed E-state index contributed by atoms with van der Waals surface area (Å²) in [4.78, 5) is 16.7. The molecule has 0 saturated carbocycles. The predicted octanol–water partition coefficient (Wildman–Crippen LogP) is 2.45. The van der Waals surface area contributed by atoms with E-state index in [2.05, 4.69) is 5.32 Å². The van der Waals surface area contributed by atoms with Crippen molar-refractivity contribution < 1.29 is 9.53 Å². The molecule has 0 amide bonds. The van der Waals surface area contributed by atoms with Gasteiger partial charge >= 0.3 is 5.97 Å². The van der Waals surface area contributed by atoms with E-state index in [-0.39, 0.29) is 5.97 Å². The summed E-state index contributed by atoms with van der Waals surface area (Å²) >= 11 is 0. The van der Waals surface area contributed by atoms with Crippen LogP contribution in [0.5, 0.6) is 0 Å². The summed E-state index contributed by atoms with van der Waals surface area (Å²) < 4.78 is 4.86. The second kappa shape index (κ2) is 7.42. The van der Waals surface area contributed by atoms with Crippen LogP contribution in [0.2, 0.25) is 0 Å². The highest BCUT2D eigenvalue weighted by Gasteiger charge is 2.14. The highest BCUT2D eigenvalue weighted by atomic mass is 16.5. The third kappa shape index (κ3) is 3.99. The number of carbonyl (C=O) groups is 1. The zero-order valence-electron chi connectivity index (χ0n) is 14.3. The minimum Gasteiger partial charge on any atom is -0.465 e. The Kier molecular flexibility index (Phi) is 5.55. The van der Waals surface area contributed by atoms with Gasteiger partial charge in [-0.15, -0.1) is 0 Å². The van der Waals surface area contributed by atoms with Crippen LogP contribution in [0.15, 0.2) is 28.5 Å². The highest BCUT2D eigenvalue weighted by Crippen LogP contribution is 2.20. The van der Waals surface area contributed by atoms with E-state index in [1.165, 1.54) is 7.11 Å². The smallest absolute Gasteiger partial charge is 0.338 e. The van der Waals surface area contributed by atoms with E-state index in [0.29, 0.717) is 5.56 Å². The van der Waals surface area contributed by atoms with Crippen molar-refractivity contribution in [2.24, 2.45) is 10.7 Å². The predicted molar refractivity (Wildman–Crippen MR) is 92.8 cm³/mol. The Bertz CT molecular complexity index is 675. The molecule has 23 heavy (non-hydrogen) atoms. The quantitative estimate of drug-likeness (QED) is 0.663. The van der Waals surface area contributed by atoms with Gasteiger partial charge in [0.25, 0.3) is 0 Å². The molecule has 1 heterocycles. The number of aryl methyl sites for hydroxylation is 2. The molecule has 0 bridgehead atoms. The Hall–Kier alpha value is -2.14. The number of carbonyl (C=O) groups excluding carboxylic acids is 1. The maximum absolute atomic E-state index is 11.9. The van der Waals surface area contributed by atoms with Gasteiger partial charge in [0.15, 0.2) is 0 Å². The fraction of sp³-hybridized carbons (Fsp3) is 0.444. The van der Waals surface area contributed by atoms with Crippen LogP contribution in [0.4, 0.5) is 0 Å². The van der Waals surface area contributed by atoms with Crippen molar-refractivity contribution >= 4 is 11.7 Å². The average Bonchev–Trinajstić information content (AvgIpc) is 2.71. The van der Waals surface area contributed by atoms with Crippen LogP contribution in [-0.4, -0.2) is 31.9 Å². The molecular weight excluding hydrogens is 290 g/mol. The number of ether oxygens (including phenoxy) is 1. The van der Waals surface area contributed by atoms with Gasteiger partial charge in [-0.25, -0.2) is 4.79 Å². The first kappa shape index (κ1) is 17.2. The third-order valence-electron chi connectivity index (χ3n) is 4.15. The molecule has 1 aromatic rings. The minimum absolute atomic E-state index is 0.325. The van der Waals surface area contributed by atoms with Crippen molar-refractivity contribution in [1.82, 2.24) is 5.32 Å². The summed E-state index contributed by atoms with van der Waals surface area (Å²) in [5.41, 5.74) is 12.3.